The zero-order valence-electron chi connectivity index (χ0n) is 13.2. The largest absolute Gasteiger partial charge is 0.342 e. The maximum absolute atomic E-state index is 12.8. The minimum absolute atomic E-state index is 0.00410. The van der Waals surface area contributed by atoms with Gasteiger partial charge in [0.25, 0.3) is 0 Å². The average Bonchev–Trinajstić information content (AvgIpc) is 2.39. The molecular weight excluding hydrogens is 252 g/mol. The number of hydrogen-bond donors (Lipinski definition) is 1. The number of carbonyl (C=O) groups is 2. The molecule has 0 bridgehead atoms. The molecule has 0 radical (unpaired) electrons. The van der Waals surface area contributed by atoms with E-state index < -0.39 is 0 Å². The predicted octanol–water partition coefficient (Wildman–Crippen LogP) is 2.33. The summed E-state index contributed by atoms with van der Waals surface area (Å²) in [4.78, 5) is 26.7. The first-order valence-electron chi connectivity index (χ1n) is 7.90. The molecule has 0 aromatic carbocycles. The molecule has 4 heteroatoms. The number of hydrogen-bond acceptors (Lipinski definition) is 2. The van der Waals surface area contributed by atoms with Crippen LogP contribution in [0.1, 0.15) is 59.8 Å². The molecule has 2 unspecified atom stereocenters. The zero-order valence-corrected chi connectivity index (χ0v) is 13.2. The summed E-state index contributed by atoms with van der Waals surface area (Å²) in [6.45, 7) is 8.79. The summed E-state index contributed by atoms with van der Waals surface area (Å²) in [5.74, 6) is 0.457. The summed E-state index contributed by atoms with van der Waals surface area (Å²) in [6, 6.07) is -0.636. The van der Waals surface area contributed by atoms with Gasteiger partial charge in [-0.1, -0.05) is 40.0 Å². The van der Waals surface area contributed by atoms with Gasteiger partial charge < -0.3 is 10.2 Å². The van der Waals surface area contributed by atoms with Crippen LogP contribution in [-0.4, -0.2) is 35.3 Å². The van der Waals surface area contributed by atoms with Crippen molar-refractivity contribution in [1.29, 1.82) is 0 Å². The Bertz CT molecular complexity index is 380. The van der Waals surface area contributed by atoms with Crippen LogP contribution < -0.4 is 5.32 Å². The van der Waals surface area contributed by atoms with Crippen LogP contribution >= 0.6 is 0 Å². The van der Waals surface area contributed by atoms with Gasteiger partial charge in [0.05, 0.1) is 0 Å². The lowest BCUT2D eigenvalue weighted by Gasteiger charge is -2.43. The quantitative estimate of drug-likeness (QED) is 0.844. The summed E-state index contributed by atoms with van der Waals surface area (Å²) in [7, 11) is 0. The van der Waals surface area contributed by atoms with E-state index in [2.05, 4.69) is 26.1 Å². The van der Waals surface area contributed by atoms with Gasteiger partial charge in [-0.15, -0.1) is 0 Å². The first-order valence-corrected chi connectivity index (χ1v) is 7.90. The summed E-state index contributed by atoms with van der Waals surface area (Å²) in [5, 5.41) is 2.97. The minimum Gasteiger partial charge on any atom is -0.342 e. The highest BCUT2D eigenvalue weighted by molar-refractivity contribution is 5.97. The van der Waals surface area contributed by atoms with Gasteiger partial charge in [-0.3, -0.25) is 9.59 Å². The molecule has 0 aromatic heterocycles. The normalized spacial score (nSPS) is 29.5. The number of nitrogens with one attached hydrogen (secondary N) is 1. The van der Waals surface area contributed by atoms with Crippen molar-refractivity contribution in [3.05, 3.63) is 0 Å². The summed E-state index contributed by atoms with van der Waals surface area (Å²) in [5.41, 5.74) is 0.0126. The van der Waals surface area contributed by atoms with Gasteiger partial charge in [-0.25, -0.2) is 0 Å². The molecular formula is C16H28N2O2. The van der Waals surface area contributed by atoms with Crippen molar-refractivity contribution in [2.75, 3.05) is 6.54 Å². The predicted molar refractivity (Wildman–Crippen MR) is 79.1 cm³/mol. The van der Waals surface area contributed by atoms with Gasteiger partial charge >= 0.3 is 0 Å². The van der Waals surface area contributed by atoms with Gasteiger partial charge in [0.1, 0.15) is 12.1 Å². The molecule has 2 fully saturated rings. The third kappa shape index (κ3) is 3.33. The Labute approximate surface area is 122 Å². The number of nitrogens with zero attached hydrogens (tertiary/aromatic N) is 1. The molecule has 2 amide bonds. The second-order valence-corrected chi connectivity index (χ2v) is 7.59. The molecule has 20 heavy (non-hydrogen) atoms. The first kappa shape index (κ1) is 15.3. The molecule has 4 nitrogen and oxygen atoms in total. The molecule has 0 aromatic rings. The summed E-state index contributed by atoms with van der Waals surface area (Å²) >= 11 is 0. The van der Waals surface area contributed by atoms with Crippen LogP contribution in [0.25, 0.3) is 0 Å². The van der Waals surface area contributed by atoms with Crippen molar-refractivity contribution in [1.82, 2.24) is 10.2 Å². The molecule has 2 rings (SSSR count). The van der Waals surface area contributed by atoms with E-state index in [0.717, 1.165) is 12.8 Å². The highest BCUT2D eigenvalue weighted by Gasteiger charge is 2.42. The number of rotatable bonds is 2. The Morgan fingerprint density at radius 3 is 2.30 bits per heavy atom. The Hall–Kier alpha value is -1.06. The van der Waals surface area contributed by atoms with Gasteiger partial charge in [-0.05, 0) is 31.1 Å². The lowest BCUT2D eigenvalue weighted by Crippen LogP contribution is -2.65. The van der Waals surface area contributed by atoms with Crippen LogP contribution in [0.3, 0.4) is 0 Å². The lowest BCUT2D eigenvalue weighted by molar-refractivity contribution is -0.152. The highest BCUT2D eigenvalue weighted by Crippen LogP contribution is 2.30. The van der Waals surface area contributed by atoms with E-state index in [1.165, 1.54) is 19.3 Å². The third-order valence-corrected chi connectivity index (χ3v) is 4.46. The van der Waals surface area contributed by atoms with Crippen molar-refractivity contribution in [3.8, 4) is 0 Å². The summed E-state index contributed by atoms with van der Waals surface area (Å²) in [6.07, 6.45) is 5.74. The van der Waals surface area contributed by atoms with E-state index in [9.17, 15) is 9.59 Å². The number of amides is 2. The summed E-state index contributed by atoms with van der Waals surface area (Å²) < 4.78 is 0. The second-order valence-electron chi connectivity index (χ2n) is 7.59. The SMILES string of the molecule is CC1C(=O)NC(C2CCCCC2)C(=O)N1CC(C)(C)C. The molecule has 1 aliphatic carbocycles. The van der Waals surface area contributed by atoms with Gasteiger partial charge in [-0.2, -0.15) is 0 Å². The Balaban J connectivity index is 2.14. The van der Waals surface area contributed by atoms with Crippen LogP contribution in [0.4, 0.5) is 0 Å². The van der Waals surface area contributed by atoms with Crippen LogP contribution in [0.2, 0.25) is 0 Å². The lowest BCUT2D eigenvalue weighted by atomic mass is 9.81. The molecule has 0 spiro atoms. The van der Waals surface area contributed by atoms with E-state index in [4.69, 9.17) is 0 Å². The number of carbonyl (C=O) groups excluding carboxylic acids is 2. The minimum atomic E-state index is -0.346. The van der Waals surface area contributed by atoms with Crippen molar-refractivity contribution in [2.45, 2.75) is 71.9 Å². The van der Waals surface area contributed by atoms with E-state index in [0.29, 0.717) is 12.5 Å². The van der Waals surface area contributed by atoms with Crippen molar-refractivity contribution >= 4 is 11.8 Å². The average molecular weight is 280 g/mol. The maximum Gasteiger partial charge on any atom is 0.246 e. The Morgan fingerprint density at radius 2 is 1.75 bits per heavy atom. The van der Waals surface area contributed by atoms with Crippen molar-refractivity contribution in [3.63, 3.8) is 0 Å². The first-order chi connectivity index (χ1) is 9.29. The molecule has 1 saturated carbocycles. The fourth-order valence-electron chi connectivity index (χ4n) is 3.36. The smallest absolute Gasteiger partial charge is 0.246 e. The molecule has 114 valence electrons. The van der Waals surface area contributed by atoms with Crippen LogP contribution in [0.15, 0.2) is 0 Å². The topological polar surface area (TPSA) is 49.4 Å². The Morgan fingerprint density at radius 1 is 1.15 bits per heavy atom. The highest BCUT2D eigenvalue weighted by atomic mass is 16.2. The van der Waals surface area contributed by atoms with Gasteiger partial charge in [0.2, 0.25) is 11.8 Å². The maximum atomic E-state index is 12.8. The van der Waals surface area contributed by atoms with Gasteiger partial charge in [0.15, 0.2) is 0 Å². The molecule has 1 N–H and O–H groups in total. The van der Waals surface area contributed by atoms with Crippen LogP contribution in [0.5, 0.6) is 0 Å². The standard InChI is InChI=1S/C16H28N2O2/c1-11-14(19)17-13(12-8-6-5-7-9-12)15(20)18(11)10-16(2,3)4/h11-13H,5-10H2,1-4H3,(H,17,19). The van der Waals surface area contributed by atoms with Crippen LogP contribution in [-0.2, 0) is 9.59 Å². The third-order valence-electron chi connectivity index (χ3n) is 4.46. The Kier molecular flexibility index (Phi) is 4.40. The molecule has 1 heterocycles. The zero-order chi connectivity index (χ0) is 14.9. The van der Waals surface area contributed by atoms with Crippen molar-refractivity contribution in [2.24, 2.45) is 11.3 Å². The second kappa shape index (κ2) is 5.74. The monoisotopic (exact) mass is 280 g/mol. The molecule has 2 atom stereocenters. The van der Waals surface area contributed by atoms with Gasteiger partial charge in [0, 0.05) is 6.54 Å². The fourth-order valence-corrected chi connectivity index (χ4v) is 3.36. The van der Waals surface area contributed by atoms with E-state index >= 15 is 0 Å². The fraction of sp³-hybridized carbons (Fsp3) is 0.875. The van der Waals surface area contributed by atoms with Crippen LogP contribution in [0, 0.1) is 11.3 Å². The van der Waals surface area contributed by atoms with E-state index in [1.54, 1.807) is 4.90 Å². The van der Waals surface area contributed by atoms with E-state index in [-0.39, 0.29) is 29.3 Å². The molecule has 1 saturated heterocycles. The van der Waals surface area contributed by atoms with Crippen molar-refractivity contribution < 1.29 is 9.59 Å². The van der Waals surface area contributed by atoms with E-state index in [1.807, 2.05) is 6.92 Å². The number of piperazine rings is 1. The molecule has 1 aliphatic heterocycles. The molecule has 2 aliphatic rings.